The second kappa shape index (κ2) is 5.27. The first-order chi connectivity index (χ1) is 9.75. The Morgan fingerprint density at radius 2 is 1.80 bits per heavy atom. The Balaban J connectivity index is 2.06. The number of aliphatic hydroxyl groups excluding tert-OH is 1. The normalized spacial score (nSPS) is 12.3. The topological polar surface area (TPSA) is 55.2 Å². The van der Waals surface area contributed by atoms with E-state index < -0.39 is 6.10 Å². The predicted octanol–water partition coefficient (Wildman–Crippen LogP) is 3.48. The number of nitrogens with zero attached hydrogens (tertiary/aromatic N) is 2. The highest BCUT2D eigenvalue weighted by Gasteiger charge is 2.12. The maximum absolute atomic E-state index is 9.76. The van der Waals surface area contributed by atoms with E-state index in [0.29, 0.717) is 17.2 Å². The van der Waals surface area contributed by atoms with Crippen LogP contribution in [0.5, 0.6) is 11.6 Å². The molecule has 0 bridgehead atoms. The Labute approximate surface area is 116 Å². The summed E-state index contributed by atoms with van der Waals surface area (Å²) < 4.78 is 5.87. The lowest BCUT2D eigenvalue weighted by Gasteiger charge is -2.12. The third-order valence-corrected chi connectivity index (χ3v) is 3.06. The van der Waals surface area contributed by atoms with Gasteiger partial charge in [-0.05, 0) is 43.3 Å². The summed E-state index contributed by atoms with van der Waals surface area (Å²) in [7, 11) is 0. The van der Waals surface area contributed by atoms with Crippen LogP contribution in [0.4, 0.5) is 0 Å². The molecule has 0 aliphatic rings. The summed E-state index contributed by atoms with van der Waals surface area (Å²) in [5, 5.41) is 10.7. The molecule has 2 heterocycles. The summed E-state index contributed by atoms with van der Waals surface area (Å²) in [6, 6.07) is 13.1. The Hall–Kier alpha value is -2.46. The van der Waals surface area contributed by atoms with Gasteiger partial charge in [0.25, 0.3) is 0 Å². The molecule has 3 rings (SSSR count). The molecule has 4 heteroatoms. The van der Waals surface area contributed by atoms with Crippen molar-refractivity contribution >= 4 is 10.9 Å². The van der Waals surface area contributed by atoms with E-state index in [1.807, 2.05) is 30.3 Å². The molecule has 0 saturated carbocycles. The number of hydrogen-bond acceptors (Lipinski definition) is 4. The Morgan fingerprint density at radius 3 is 2.65 bits per heavy atom. The fraction of sp³-hybridized carbons (Fsp3) is 0.125. The summed E-state index contributed by atoms with van der Waals surface area (Å²) in [5.74, 6) is 1.09. The Bertz CT molecular complexity index is 736. The molecule has 0 saturated heterocycles. The molecule has 1 N–H and O–H groups in total. The van der Waals surface area contributed by atoms with Crippen LogP contribution in [-0.4, -0.2) is 15.1 Å². The van der Waals surface area contributed by atoms with Crippen LogP contribution in [0.15, 0.2) is 54.9 Å². The molecule has 3 aromatic rings. The second-order valence-corrected chi connectivity index (χ2v) is 4.50. The first kappa shape index (κ1) is 12.6. The Morgan fingerprint density at radius 1 is 1.00 bits per heavy atom. The van der Waals surface area contributed by atoms with Gasteiger partial charge in [0, 0.05) is 23.3 Å². The van der Waals surface area contributed by atoms with Crippen molar-refractivity contribution in [1.82, 2.24) is 9.97 Å². The van der Waals surface area contributed by atoms with Gasteiger partial charge in [0.05, 0.1) is 11.6 Å². The molecule has 0 amide bonds. The van der Waals surface area contributed by atoms with E-state index in [0.717, 1.165) is 10.9 Å². The zero-order chi connectivity index (χ0) is 13.9. The van der Waals surface area contributed by atoms with Crippen molar-refractivity contribution in [2.75, 3.05) is 0 Å². The van der Waals surface area contributed by atoms with E-state index >= 15 is 0 Å². The molecular formula is C16H14N2O2. The van der Waals surface area contributed by atoms with Crippen LogP contribution in [-0.2, 0) is 0 Å². The first-order valence-corrected chi connectivity index (χ1v) is 6.40. The molecule has 0 unspecified atom stereocenters. The monoisotopic (exact) mass is 266 g/mol. The van der Waals surface area contributed by atoms with Gasteiger partial charge in [-0.1, -0.05) is 6.07 Å². The minimum atomic E-state index is -0.633. The van der Waals surface area contributed by atoms with E-state index in [1.165, 1.54) is 0 Å². The van der Waals surface area contributed by atoms with E-state index in [9.17, 15) is 5.11 Å². The summed E-state index contributed by atoms with van der Waals surface area (Å²) in [5.41, 5.74) is 1.52. The van der Waals surface area contributed by atoms with E-state index in [4.69, 9.17) is 4.74 Å². The van der Waals surface area contributed by atoms with Crippen LogP contribution >= 0.6 is 0 Å². The number of hydrogen-bond donors (Lipinski definition) is 1. The maximum Gasteiger partial charge on any atom is 0.225 e. The highest BCUT2D eigenvalue weighted by atomic mass is 16.5. The van der Waals surface area contributed by atoms with Crippen LogP contribution in [0.2, 0.25) is 0 Å². The van der Waals surface area contributed by atoms with Crippen molar-refractivity contribution in [3.8, 4) is 11.6 Å². The minimum absolute atomic E-state index is 0.416. The van der Waals surface area contributed by atoms with Crippen LogP contribution in [0.25, 0.3) is 10.9 Å². The van der Waals surface area contributed by atoms with E-state index in [-0.39, 0.29) is 0 Å². The standard InChI is InChI=1S/C16H14N2O2/c1-11(19)12-5-3-10-18-16(12)20-15-8-2-7-14-13(15)6-4-9-17-14/h2-11,19H,1H3/t11-/m1/s1. The summed E-state index contributed by atoms with van der Waals surface area (Å²) in [6.07, 6.45) is 2.76. The SMILES string of the molecule is C[C@@H](O)c1cccnc1Oc1cccc2ncccc12. The van der Waals surface area contributed by atoms with Crippen molar-refractivity contribution < 1.29 is 9.84 Å². The van der Waals surface area contributed by atoms with Gasteiger partial charge in [-0.15, -0.1) is 0 Å². The average Bonchev–Trinajstić information content (AvgIpc) is 2.48. The van der Waals surface area contributed by atoms with Crippen molar-refractivity contribution in [2.45, 2.75) is 13.0 Å². The van der Waals surface area contributed by atoms with Crippen LogP contribution in [0.3, 0.4) is 0 Å². The summed E-state index contributed by atoms with van der Waals surface area (Å²) in [6.45, 7) is 1.69. The zero-order valence-corrected chi connectivity index (χ0v) is 11.0. The third-order valence-electron chi connectivity index (χ3n) is 3.06. The molecule has 100 valence electrons. The number of fused-ring (bicyclic) bond motifs is 1. The molecule has 0 spiro atoms. The van der Waals surface area contributed by atoms with E-state index in [1.54, 1.807) is 31.5 Å². The van der Waals surface area contributed by atoms with Gasteiger partial charge in [0.2, 0.25) is 5.88 Å². The van der Waals surface area contributed by atoms with E-state index in [2.05, 4.69) is 9.97 Å². The summed E-state index contributed by atoms with van der Waals surface area (Å²) in [4.78, 5) is 8.49. The summed E-state index contributed by atoms with van der Waals surface area (Å²) >= 11 is 0. The molecule has 1 aromatic carbocycles. The third kappa shape index (κ3) is 2.33. The van der Waals surface area contributed by atoms with Crippen LogP contribution in [0.1, 0.15) is 18.6 Å². The fourth-order valence-electron chi connectivity index (χ4n) is 2.07. The number of pyridine rings is 2. The molecule has 2 aromatic heterocycles. The lowest BCUT2D eigenvalue weighted by Crippen LogP contribution is -1.98. The molecule has 20 heavy (non-hydrogen) atoms. The van der Waals surface area contributed by atoms with Crippen molar-refractivity contribution in [3.63, 3.8) is 0 Å². The van der Waals surface area contributed by atoms with Gasteiger partial charge in [0.1, 0.15) is 5.75 Å². The molecule has 0 aliphatic heterocycles. The first-order valence-electron chi connectivity index (χ1n) is 6.40. The number of aliphatic hydroxyl groups is 1. The predicted molar refractivity (Wildman–Crippen MR) is 76.7 cm³/mol. The molecule has 4 nitrogen and oxygen atoms in total. The van der Waals surface area contributed by atoms with Crippen molar-refractivity contribution in [1.29, 1.82) is 0 Å². The molecule has 1 atom stereocenters. The molecule has 0 fully saturated rings. The largest absolute Gasteiger partial charge is 0.438 e. The maximum atomic E-state index is 9.76. The number of rotatable bonds is 3. The van der Waals surface area contributed by atoms with Crippen LogP contribution in [0, 0.1) is 0 Å². The van der Waals surface area contributed by atoms with Crippen LogP contribution < -0.4 is 4.74 Å². The highest BCUT2D eigenvalue weighted by Crippen LogP contribution is 2.31. The van der Waals surface area contributed by atoms with Crippen molar-refractivity contribution in [3.05, 3.63) is 60.4 Å². The number of aromatic nitrogens is 2. The lowest BCUT2D eigenvalue weighted by molar-refractivity contribution is 0.194. The smallest absolute Gasteiger partial charge is 0.225 e. The second-order valence-electron chi connectivity index (χ2n) is 4.50. The number of ether oxygens (including phenoxy) is 1. The number of benzene rings is 1. The van der Waals surface area contributed by atoms with Gasteiger partial charge in [-0.3, -0.25) is 4.98 Å². The minimum Gasteiger partial charge on any atom is -0.438 e. The zero-order valence-electron chi connectivity index (χ0n) is 11.0. The fourth-order valence-corrected chi connectivity index (χ4v) is 2.07. The van der Waals surface area contributed by atoms with Gasteiger partial charge in [-0.25, -0.2) is 4.98 Å². The van der Waals surface area contributed by atoms with Crippen molar-refractivity contribution in [2.24, 2.45) is 0 Å². The van der Waals surface area contributed by atoms with Gasteiger partial charge in [0.15, 0.2) is 0 Å². The molecular weight excluding hydrogens is 252 g/mol. The lowest BCUT2D eigenvalue weighted by atomic mass is 10.1. The molecule has 0 aliphatic carbocycles. The van der Waals surface area contributed by atoms with Gasteiger partial charge in [-0.2, -0.15) is 0 Å². The Kier molecular flexibility index (Phi) is 3.31. The van der Waals surface area contributed by atoms with Gasteiger partial charge >= 0.3 is 0 Å². The average molecular weight is 266 g/mol. The highest BCUT2D eigenvalue weighted by molar-refractivity contribution is 5.85. The molecule has 0 radical (unpaired) electrons. The van der Waals surface area contributed by atoms with Gasteiger partial charge < -0.3 is 9.84 Å². The quantitative estimate of drug-likeness (QED) is 0.788.